The first kappa shape index (κ1) is 12.9. The van der Waals surface area contributed by atoms with Gasteiger partial charge in [-0.3, -0.25) is 0 Å². The Morgan fingerprint density at radius 3 is 1.92 bits per heavy atom. The first-order chi connectivity index (χ1) is 6.29. The smallest absolute Gasteiger partial charge is 0.0167 e. The lowest BCUT2D eigenvalue weighted by atomic mass is 10.2. The fraction of sp³-hybridized carbons (Fsp3) is 1.00. The minimum Gasteiger partial charge on any atom is -0.312 e. The molecule has 0 amide bonds. The van der Waals surface area contributed by atoms with Crippen LogP contribution in [0.2, 0.25) is 0 Å². The van der Waals surface area contributed by atoms with Crippen LogP contribution in [-0.4, -0.2) is 37.6 Å². The van der Waals surface area contributed by atoms with E-state index in [1.807, 2.05) is 13.8 Å². The van der Waals surface area contributed by atoms with Crippen LogP contribution in [-0.2, 0) is 0 Å². The summed E-state index contributed by atoms with van der Waals surface area (Å²) in [5.74, 6) is 0. The van der Waals surface area contributed by atoms with Gasteiger partial charge in [0.2, 0.25) is 0 Å². The predicted molar refractivity (Wildman–Crippen MR) is 60.2 cm³/mol. The second-order valence-electron chi connectivity index (χ2n) is 3.68. The van der Waals surface area contributed by atoms with E-state index in [4.69, 9.17) is 0 Å². The average molecular weight is 186 g/mol. The number of nitrogens with one attached hydrogen (secondary N) is 1. The average Bonchev–Trinajstić information content (AvgIpc) is 2.93. The molecule has 0 spiro atoms. The van der Waals surface area contributed by atoms with Crippen molar-refractivity contribution in [2.45, 2.75) is 46.1 Å². The van der Waals surface area contributed by atoms with Crippen molar-refractivity contribution in [2.75, 3.05) is 26.7 Å². The van der Waals surface area contributed by atoms with E-state index in [1.165, 1.54) is 32.4 Å². The van der Waals surface area contributed by atoms with E-state index in [0.29, 0.717) is 6.04 Å². The molecule has 1 saturated carbocycles. The van der Waals surface area contributed by atoms with Crippen LogP contribution < -0.4 is 5.32 Å². The molecule has 0 aromatic rings. The zero-order chi connectivity index (χ0) is 10.1. The van der Waals surface area contributed by atoms with Gasteiger partial charge in [-0.1, -0.05) is 33.1 Å². The monoisotopic (exact) mass is 186 g/mol. The maximum absolute atomic E-state index is 3.37. The summed E-state index contributed by atoms with van der Waals surface area (Å²) in [4.78, 5) is 2.35. The second kappa shape index (κ2) is 8.52. The fourth-order valence-electron chi connectivity index (χ4n) is 1.13. The van der Waals surface area contributed by atoms with Crippen molar-refractivity contribution in [1.82, 2.24) is 10.2 Å². The van der Waals surface area contributed by atoms with Crippen LogP contribution in [0.15, 0.2) is 0 Å². The Hall–Kier alpha value is -0.0800. The van der Waals surface area contributed by atoms with E-state index in [9.17, 15) is 0 Å². The highest BCUT2D eigenvalue weighted by Gasteiger charge is 2.09. The van der Waals surface area contributed by atoms with Crippen molar-refractivity contribution in [3.05, 3.63) is 0 Å². The van der Waals surface area contributed by atoms with Crippen molar-refractivity contribution < 1.29 is 0 Å². The van der Waals surface area contributed by atoms with Gasteiger partial charge in [0, 0.05) is 25.7 Å². The van der Waals surface area contributed by atoms with Gasteiger partial charge in [-0.15, -0.1) is 0 Å². The summed E-state index contributed by atoms with van der Waals surface area (Å²) in [5.41, 5.74) is 0. The van der Waals surface area contributed by atoms with Gasteiger partial charge >= 0.3 is 0 Å². The molecule has 2 nitrogen and oxygen atoms in total. The zero-order valence-electron chi connectivity index (χ0n) is 9.77. The van der Waals surface area contributed by atoms with E-state index < -0.39 is 0 Å². The van der Waals surface area contributed by atoms with Crippen molar-refractivity contribution in [3.8, 4) is 0 Å². The summed E-state index contributed by atoms with van der Waals surface area (Å²) >= 11 is 0. The molecule has 1 aliphatic carbocycles. The molecule has 1 saturated heterocycles. The third-order valence-corrected chi connectivity index (χ3v) is 1.93. The Bertz CT molecular complexity index is 91.5. The predicted octanol–water partition coefficient (Wildman–Crippen LogP) is 2.11. The third kappa shape index (κ3) is 9.84. The molecule has 1 heterocycles. The first-order valence-corrected chi connectivity index (χ1v) is 5.71. The van der Waals surface area contributed by atoms with E-state index in [2.05, 4.69) is 24.2 Å². The number of hydrogen-bond donors (Lipinski definition) is 1. The minimum atomic E-state index is 0.689. The molecule has 0 radical (unpaired) electrons. The van der Waals surface area contributed by atoms with E-state index >= 15 is 0 Å². The van der Waals surface area contributed by atoms with Gasteiger partial charge in [0.15, 0.2) is 0 Å². The molecule has 2 heteroatoms. The maximum atomic E-state index is 3.37. The number of hydrogen-bond acceptors (Lipinski definition) is 2. The molecule has 2 aliphatic rings. The Morgan fingerprint density at radius 2 is 1.69 bits per heavy atom. The topological polar surface area (TPSA) is 15.3 Å². The van der Waals surface area contributed by atoms with Gasteiger partial charge in [-0.05, 0) is 14.0 Å². The van der Waals surface area contributed by atoms with Crippen LogP contribution in [0.25, 0.3) is 0 Å². The molecular formula is C11H26N2. The second-order valence-corrected chi connectivity index (χ2v) is 3.68. The van der Waals surface area contributed by atoms with Crippen molar-refractivity contribution >= 4 is 0 Å². The lowest BCUT2D eigenvalue weighted by Crippen LogP contribution is -2.47. The molecular weight excluding hydrogens is 160 g/mol. The summed E-state index contributed by atoms with van der Waals surface area (Å²) < 4.78 is 0. The Balaban J connectivity index is 0.000000239. The maximum Gasteiger partial charge on any atom is 0.0167 e. The minimum absolute atomic E-state index is 0.689. The Kier molecular flexibility index (Phi) is 8.46. The summed E-state index contributed by atoms with van der Waals surface area (Å²) in [6, 6.07) is 0.689. The molecule has 80 valence electrons. The number of nitrogens with zero attached hydrogens (tertiary/aromatic N) is 1. The van der Waals surface area contributed by atoms with Gasteiger partial charge < -0.3 is 10.2 Å². The summed E-state index contributed by atoms with van der Waals surface area (Å²) in [7, 11) is 2.16. The molecule has 13 heavy (non-hydrogen) atoms. The highest BCUT2D eigenvalue weighted by atomic mass is 15.2. The number of rotatable bonds is 0. The zero-order valence-corrected chi connectivity index (χ0v) is 9.77. The number of piperazine rings is 1. The van der Waals surface area contributed by atoms with Gasteiger partial charge in [0.1, 0.15) is 0 Å². The third-order valence-electron chi connectivity index (χ3n) is 1.93. The van der Waals surface area contributed by atoms with Crippen LogP contribution in [0.1, 0.15) is 40.0 Å². The fourth-order valence-corrected chi connectivity index (χ4v) is 1.13. The largest absolute Gasteiger partial charge is 0.312 e. The lowest BCUT2D eigenvalue weighted by Gasteiger charge is -2.28. The van der Waals surface area contributed by atoms with Gasteiger partial charge in [0.25, 0.3) is 0 Å². The number of likely N-dealkylation sites (N-methyl/N-ethyl adjacent to an activating group) is 1. The van der Waals surface area contributed by atoms with E-state index in [1.54, 1.807) is 0 Å². The van der Waals surface area contributed by atoms with Crippen molar-refractivity contribution in [2.24, 2.45) is 0 Å². The van der Waals surface area contributed by atoms with Crippen LogP contribution in [0.4, 0.5) is 0 Å². The lowest BCUT2D eigenvalue weighted by molar-refractivity contribution is 0.248. The van der Waals surface area contributed by atoms with E-state index in [0.717, 1.165) is 6.54 Å². The molecule has 1 aliphatic heterocycles. The van der Waals surface area contributed by atoms with Crippen LogP contribution in [0.3, 0.4) is 0 Å². The standard InChI is InChI=1S/C6H14N2.C3H6.C2H6/c1-6-5-8(2)4-3-7-6;1-2-3-1;1-2/h6-7H,3-5H2,1-2H3;1-3H2;1-2H3. The van der Waals surface area contributed by atoms with E-state index in [-0.39, 0.29) is 0 Å². The summed E-state index contributed by atoms with van der Waals surface area (Å²) in [5, 5.41) is 3.37. The Morgan fingerprint density at radius 1 is 1.15 bits per heavy atom. The molecule has 1 atom stereocenters. The van der Waals surface area contributed by atoms with Crippen LogP contribution in [0, 0.1) is 0 Å². The SMILES string of the molecule is C1CC1.CC.CC1CN(C)CCN1. The first-order valence-electron chi connectivity index (χ1n) is 5.71. The summed E-state index contributed by atoms with van der Waals surface area (Å²) in [6.07, 6.45) is 4.50. The van der Waals surface area contributed by atoms with Gasteiger partial charge in [0.05, 0.1) is 0 Å². The summed E-state index contributed by atoms with van der Waals surface area (Å²) in [6.45, 7) is 9.76. The molecule has 0 bridgehead atoms. The van der Waals surface area contributed by atoms with Crippen LogP contribution >= 0.6 is 0 Å². The highest BCUT2D eigenvalue weighted by Crippen LogP contribution is 2.14. The quantitative estimate of drug-likeness (QED) is 0.623. The molecule has 0 aromatic heterocycles. The van der Waals surface area contributed by atoms with Crippen molar-refractivity contribution in [3.63, 3.8) is 0 Å². The Labute approximate surface area is 83.7 Å². The van der Waals surface area contributed by atoms with Gasteiger partial charge in [-0.25, -0.2) is 0 Å². The normalized spacial score (nSPS) is 26.3. The molecule has 0 aromatic carbocycles. The van der Waals surface area contributed by atoms with Gasteiger partial charge in [-0.2, -0.15) is 0 Å². The molecule has 1 unspecified atom stereocenters. The van der Waals surface area contributed by atoms with Crippen LogP contribution in [0.5, 0.6) is 0 Å². The van der Waals surface area contributed by atoms with Crippen molar-refractivity contribution in [1.29, 1.82) is 0 Å². The molecule has 2 rings (SSSR count). The highest BCUT2D eigenvalue weighted by molar-refractivity contribution is 4.71. The molecule has 1 N–H and O–H groups in total. The molecule has 2 fully saturated rings.